The van der Waals surface area contributed by atoms with Crippen molar-refractivity contribution in [3.05, 3.63) is 101 Å². The van der Waals surface area contributed by atoms with E-state index in [-0.39, 0.29) is 37.6 Å². The second-order valence-electron chi connectivity index (χ2n) is 14.5. The number of nitrogens with zero attached hydrogens (tertiary/aromatic N) is 2. The maximum atomic E-state index is 11.4. The summed E-state index contributed by atoms with van der Waals surface area (Å²) < 4.78 is 0. The van der Waals surface area contributed by atoms with Crippen LogP contribution in [0.1, 0.15) is 103 Å². The first kappa shape index (κ1) is 33.6. The maximum Gasteiger partial charge on any atom is 0.141 e. The monoisotopic (exact) mass is 764 g/mol. The third-order valence-corrected chi connectivity index (χ3v) is 8.31. The molecule has 0 fully saturated rings. The first-order chi connectivity index (χ1) is 20.1. The molecule has 44 heavy (non-hydrogen) atoms. The summed E-state index contributed by atoms with van der Waals surface area (Å²) in [7, 11) is 0. The minimum absolute atomic E-state index is 0. The van der Waals surface area contributed by atoms with E-state index in [0.29, 0.717) is 17.4 Å². The minimum atomic E-state index is -0.171. The molecule has 232 valence electrons. The van der Waals surface area contributed by atoms with Crippen LogP contribution in [0.5, 0.6) is 5.75 Å². The van der Waals surface area contributed by atoms with Gasteiger partial charge in [-0.2, -0.15) is 0 Å². The Morgan fingerprint density at radius 1 is 0.705 bits per heavy atom. The van der Waals surface area contributed by atoms with E-state index in [1.165, 1.54) is 16.7 Å². The van der Waals surface area contributed by atoms with Gasteiger partial charge in [0.15, 0.2) is 0 Å². The van der Waals surface area contributed by atoms with Crippen LogP contribution in [0.4, 0.5) is 0 Å². The van der Waals surface area contributed by atoms with Gasteiger partial charge in [0.25, 0.3) is 0 Å². The van der Waals surface area contributed by atoms with Crippen molar-refractivity contribution in [1.29, 1.82) is 0 Å². The summed E-state index contributed by atoms with van der Waals surface area (Å²) in [4.78, 5) is 9.82. The van der Waals surface area contributed by atoms with E-state index in [1.807, 2.05) is 30.5 Å². The molecular formula is C40H45N2OPt-. The Bertz CT molecular complexity index is 1770. The topological polar surface area (TPSA) is 46.0 Å². The van der Waals surface area contributed by atoms with Crippen molar-refractivity contribution < 1.29 is 26.2 Å². The van der Waals surface area contributed by atoms with E-state index in [2.05, 4.69) is 118 Å². The van der Waals surface area contributed by atoms with Gasteiger partial charge in [-0.3, -0.25) is 9.97 Å². The largest absolute Gasteiger partial charge is 0.506 e. The molecule has 1 N–H and O–H groups in total. The molecule has 0 saturated carbocycles. The van der Waals surface area contributed by atoms with Crippen molar-refractivity contribution in [2.24, 2.45) is 0 Å². The second-order valence-corrected chi connectivity index (χ2v) is 14.5. The molecule has 2 aromatic heterocycles. The number of pyridine rings is 2. The molecule has 0 aliphatic carbocycles. The summed E-state index contributed by atoms with van der Waals surface area (Å²) in [5.74, 6) is 0.933. The number of fused-ring (bicyclic) bond motifs is 1. The predicted molar refractivity (Wildman–Crippen MR) is 182 cm³/mol. The fourth-order valence-electron chi connectivity index (χ4n) is 5.90. The minimum Gasteiger partial charge on any atom is -0.506 e. The molecule has 0 radical (unpaired) electrons. The van der Waals surface area contributed by atoms with Gasteiger partial charge in [-0.05, 0) is 68.7 Å². The van der Waals surface area contributed by atoms with Crippen LogP contribution in [-0.2, 0) is 31.9 Å². The summed E-state index contributed by atoms with van der Waals surface area (Å²) >= 11 is 0. The number of aromatic nitrogens is 2. The Hall–Kier alpha value is -3.29. The first-order valence-corrected chi connectivity index (χ1v) is 15.5. The molecular weight excluding hydrogens is 720 g/mol. The molecule has 0 amide bonds. The van der Waals surface area contributed by atoms with E-state index in [9.17, 15) is 5.11 Å². The molecule has 0 saturated heterocycles. The van der Waals surface area contributed by atoms with Crippen LogP contribution in [0.25, 0.3) is 44.5 Å². The third kappa shape index (κ3) is 6.69. The van der Waals surface area contributed by atoms with Crippen LogP contribution in [0, 0.1) is 6.07 Å². The van der Waals surface area contributed by atoms with Crippen LogP contribution in [0.2, 0.25) is 0 Å². The summed E-state index contributed by atoms with van der Waals surface area (Å²) in [5, 5.41) is 12.3. The molecule has 0 spiro atoms. The van der Waals surface area contributed by atoms with Crippen molar-refractivity contribution in [3.8, 4) is 39.4 Å². The zero-order valence-electron chi connectivity index (χ0n) is 27.7. The van der Waals surface area contributed by atoms with Gasteiger partial charge in [0, 0.05) is 44.0 Å². The number of phenols is 1. The molecule has 2 heterocycles. The van der Waals surface area contributed by atoms with E-state index in [4.69, 9.17) is 9.97 Å². The van der Waals surface area contributed by atoms with Gasteiger partial charge in [-0.15, -0.1) is 18.2 Å². The SMILES string of the molecule is CC(C)c1cccc(C(C)C)c1-c1cc(-c2ccccn2)[c-]c(-c2cc(C(C)(C)C)c3cc(C(C)(C)C)cc(O)c3n2)c1.[Pt]. The smallest absolute Gasteiger partial charge is 0.141 e. The molecule has 4 heteroatoms. The fraction of sp³-hybridized carbons (Fsp3) is 0.350. The third-order valence-electron chi connectivity index (χ3n) is 8.31. The van der Waals surface area contributed by atoms with Crippen molar-refractivity contribution in [2.45, 2.75) is 91.9 Å². The number of benzene rings is 3. The van der Waals surface area contributed by atoms with Crippen LogP contribution in [0.3, 0.4) is 0 Å². The number of hydrogen-bond donors (Lipinski definition) is 1. The molecule has 0 atom stereocenters. The van der Waals surface area contributed by atoms with Crippen molar-refractivity contribution in [2.75, 3.05) is 0 Å². The standard InChI is InChI=1S/C40H45N2O.Pt/c1-24(2)30-14-13-15-31(25(3)4)37(30)28-19-26(34-16-11-12-17-41-34)18-27(20-28)35-23-33(40(8,9)10)32-21-29(39(5,6)7)22-36(43)38(32)42-35;/h11-17,19-25,43H,1-10H3;/q-1;. The Morgan fingerprint density at radius 3 is 1.84 bits per heavy atom. The number of hydrogen-bond acceptors (Lipinski definition) is 3. The Morgan fingerprint density at radius 2 is 1.32 bits per heavy atom. The van der Waals surface area contributed by atoms with Crippen molar-refractivity contribution in [1.82, 2.24) is 9.97 Å². The van der Waals surface area contributed by atoms with Gasteiger partial charge in [0.2, 0.25) is 0 Å². The van der Waals surface area contributed by atoms with Gasteiger partial charge < -0.3 is 5.11 Å². The maximum absolute atomic E-state index is 11.4. The normalized spacial score (nSPS) is 12.2. The van der Waals surface area contributed by atoms with E-state index in [1.54, 1.807) is 0 Å². The molecule has 3 nitrogen and oxygen atoms in total. The zero-order chi connectivity index (χ0) is 31.3. The quantitative estimate of drug-likeness (QED) is 0.181. The number of aromatic hydroxyl groups is 1. The summed E-state index contributed by atoms with van der Waals surface area (Å²) in [6.45, 7) is 22.2. The van der Waals surface area contributed by atoms with Gasteiger partial charge in [-0.25, -0.2) is 0 Å². The van der Waals surface area contributed by atoms with E-state index < -0.39 is 0 Å². The fourth-order valence-corrected chi connectivity index (χ4v) is 5.90. The summed E-state index contributed by atoms with van der Waals surface area (Å²) in [6.07, 6.45) is 1.83. The Balaban J connectivity index is 0.00000442. The zero-order valence-corrected chi connectivity index (χ0v) is 30.0. The number of phenolic OH excluding ortho intramolecular Hbond substituents is 1. The summed E-state index contributed by atoms with van der Waals surface area (Å²) in [5.41, 5.74) is 11.1. The average Bonchev–Trinajstić information content (AvgIpc) is 2.95. The van der Waals surface area contributed by atoms with Gasteiger partial charge >= 0.3 is 0 Å². The predicted octanol–water partition coefficient (Wildman–Crippen LogP) is 11.0. The van der Waals surface area contributed by atoms with Crippen molar-refractivity contribution in [3.63, 3.8) is 0 Å². The molecule has 0 unspecified atom stereocenters. The molecule has 0 aliphatic heterocycles. The van der Waals surface area contributed by atoms with E-state index >= 15 is 0 Å². The molecule has 0 aliphatic rings. The molecule has 5 rings (SSSR count). The van der Waals surface area contributed by atoms with Crippen LogP contribution in [0.15, 0.2) is 72.9 Å². The second kappa shape index (κ2) is 12.6. The number of rotatable bonds is 5. The Labute approximate surface area is 278 Å². The van der Waals surface area contributed by atoms with Crippen LogP contribution in [-0.4, -0.2) is 15.1 Å². The van der Waals surface area contributed by atoms with Crippen LogP contribution >= 0.6 is 0 Å². The van der Waals surface area contributed by atoms with Gasteiger partial charge in [0.1, 0.15) is 11.3 Å². The van der Waals surface area contributed by atoms with Crippen molar-refractivity contribution >= 4 is 10.9 Å². The first-order valence-electron chi connectivity index (χ1n) is 15.5. The summed E-state index contributed by atoms with van der Waals surface area (Å²) in [6, 6.07) is 27.1. The van der Waals surface area contributed by atoms with Gasteiger partial charge in [0.05, 0.1) is 0 Å². The van der Waals surface area contributed by atoms with Crippen LogP contribution < -0.4 is 0 Å². The molecule has 3 aromatic carbocycles. The van der Waals surface area contributed by atoms with Gasteiger partial charge in [-0.1, -0.05) is 122 Å². The average molecular weight is 765 g/mol. The van der Waals surface area contributed by atoms with E-state index in [0.717, 1.165) is 44.6 Å². The molecule has 5 aromatic rings. The Kier molecular flexibility index (Phi) is 9.62. The molecule has 0 bridgehead atoms.